The first-order chi connectivity index (χ1) is 9.34. The van der Waals surface area contributed by atoms with Gasteiger partial charge in [0.2, 0.25) is 10.0 Å². The van der Waals surface area contributed by atoms with Gasteiger partial charge in [-0.25, -0.2) is 13.1 Å². The van der Waals surface area contributed by atoms with Gasteiger partial charge in [-0.3, -0.25) is 0 Å². The van der Waals surface area contributed by atoms with E-state index in [0.717, 1.165) is 12.8 Å². The average Bonchev–Trinajstić information content (AvgIpc) is 2.69. The number of para-hydroxylation sites is 1. The zero-order valence-electron chi connectivity index (χ0n) is 12.4. The molecular formula is C15H24N2O2S. The molecule has 5 heteroatoms. The molecule has 0 aliphatic heterocycles. The Morgan fingerprint density at radius 3 is 2.60 bits per heavy atom. The number of sulfonamides is 1. The molecular weight excluding hydrogens is 272 g/mol. The van der Waals surface area contributed by atoms with Crippen LogP contribution in [0.2, 0.25) is 0 Å². The van der Waals surface area contributed by atoms with Crippen molar-refractivity contribution in [1.29, 1.82) is 0 Å². The summed E-state index contributed by atoms with van der Waals surface area (Å²) < 4.78 is 27.0. The molecule has 0 amide bonds. The third-order valence-corrected chi connectivity index (χ3v) is 5.44. The van der Waals surface area contributed by atoms with Crippen LogP contribution in [-0.4, -0.2) is 21.0 Å². The molecule has 112 valence electrons. The summed E-state index contributed by atoms with van der Waals surface area (Å²) in [5, 5.41) is 3.41. The van der Waals surface area contributed by atoms with Gasteiger partial charge in [0.25, 0.3) is 0 Å². The molecule has 0 heterocycles. The Labute approximate surface area is 122 Å². The highest BCUT2D eigenvalue weighted by atomic mass is 32.2. The quantitative estimate of drug-likeness (QED) is 0.878. The summed E-state index contributed by atoms with van der Waals surface area (Å²) in [7, 11) is -3.42. The van der Waals surface area contributed by atoms with E-state index in [1.54, 1.807) is 19.1 Å². The zero-order valence-corrected chi connectivity index (χ0v) is 13.3. The highest BCUT2D eigenvalue weighted by Gasteiger charge is 2.31. The van der Waals surface area contributed by atoms with Crippen LogP contribution in [0.4, 0.5) is 5.69 Å². The normalized spacial score (nSPS) is 21.9. The number of rotatable bonds is 5. The minimum Gasteiger partial charge on any atom is -0.381 e. The fourth-order valence-electron chi connectivity index (χ4n) is 2.87. The lowest BCUT2D eigenvalue weighted by molar-refractivity contribution is 0.378. The van der Waals surface area contributed by atoms with Crippen molar-refractivity contribution in [2.75, 3.05) is 11.9 Å². The van der Waals surface area contributed by atoms with E-state index in [9.17, 15) is 8.42 Å². The van der Waals surface area contributed by atoms with Gasteiger partial charge in [-0.05, 0) is 36.8 Å². The van der Waals surface area contributed by atoms with Crippen LogP contribution in [0.15, 0.2) is 29.2 Å². The molecule has 0 radical (unpaired) electrons. The molecule has 1 saturated carbocycles. The van der Waals surface area contributed by atoms with Crippen molar-refractivity contribution >= 4 is 15.7 Å². The van der Waals surface area contributed by atoms with Crippen molar-refractivity contribution < 1.29 is 8.42 Å². The summed E-state index contributed by atoms with van der Waals surface area (Å²) in [6, 6.07) is 7.47. The maximum Gasteiger partial charge on any atom is 0.242 e. The van der Waals surface area contributed by atoms with Crippen molar-refractivity contribution in [3.05, 3.63) is 24.3 Å². The topological polar surface area (TPSA) is 58.2 Å². The van der Waals surface area contributed by atoms with Crippen LogP contribution < -0.4 is 10.0 Å². The second-order valence-corrected chi connectivity index (χ2v) is 7.98. The molecule has 1 aromatic carbocycles. The van der Waals surface area contributed by atoms with E-state index >= 15 is 0 Å². The fraction of sp³-hybridized carbons (Fsp3) is 0.600. The fourth-order valence-corrected chi connectivity index (χ4v) is 4.08. The summed E-state index contributed by atoms with van der Waals surface area (Å²) in [6.45, 7) is 6.70. The highest BCUT2D eigenvalue weighted by molar-refractivity contribution is 7.89. The molecule has 20 heavy (non-hydrogen) atoms. The number of hydrogen-bond donors (Lipinski definition) is 2. The molecule has 0 spiro atoms. The molecule has 1 aliphatic rings. The van der Waals surface area contributed by atoms with E-state index in [1.807, 2.05) is 12.1 Å². The van der Waals surface area contributed by atoms with Gasteiger partial charge in [-0.2, -0.15) is 0 Å². The number of hydrogen-bond acceptors (Lipinski definition) is 3. The van der Waals surface area contributed by atoms with E-state index in [4.69, 9.17) is 0 Å². The van der Waals surface area contributed by atoms with Crippen molar-refractivity contribution in [2.45, 2.75) is 51.0 Å². The first-order valence-electron chi connectivity index (χ1n) is 7.19. The minimum absolute atomic E-state index is 0.339. The lowest BCUT2D eigenvalue weighted by atomic mass is 9.92. The Balaban J connectivity index is 2.21. The van der Waals surface area contributed by atoms with Gasteiger partial charge >= 0.3 is 0 Å². The predicted molar refractivity (Wildman–Crippen MR) is 82.3 cm³/mol. The second kappa shape index (κ2) is 5.74. The molecule has 2 N–H and O–H groups in total. The number of benzene rings is 1. The van der Waals surface area contributed by atoms with E-state index in [-0.39, 0.29) is 0 Å². The molecule has 0 bridgehead atoms. The van der Waals surface area contributed by atoms with Crippen molar-refractivity contribution in [3.63, 3.8) is 0 Å². The van der Waals surface area contributed by atoms with Crippen LogP contribution in [0.5, 0.6) is 0 Å². The third kappa shape index (κ3) is 3.52. The summed E-state index contributed by atoms with van der Waals surface area (Å²) in [4.78, 5) is 0.339. The van der Waals surface area contributed by atoms with Crippen LogP contribution in [0.3, 0.4) is 0 Å². The predicted octanol–water partition coefficient (Wildman–Crippen LogP) is 2.98. The van der Waals surface area contributed by atoms with Crippen molar-refractivity contribution in [1.82, 2.24) is 4.72 Å². The van der Waals surface area contributed by atoms with Gasteiger partial charge in [0.05, 0.1) is 5.69 Å². The number of anilines is 1. The molecule has 1 aliphatic carbocycles. The molecule has 4 nitrogen and oxygen atoms in total. The first-order valence-corrected chi connectivity index (χ1v) is 8.68. The Kier molecular flexibility index (Phi) is 4.39. The second-order valence-electron chi connectivity index (χ2n) is 6.25. The van der Waals surface area contributed by atoms with Crippen LogP contribution in [0, 0.1) is 5.41 Å². The first kappa shape index (κ1) is 15.3. The van der Waals surface area contributed by atoms with Gasteiger partial charge in [-0.15, -0.1) is 0 Å². The maximum absolute atomic E-state index is 12.2. The maximum atomic E-state index is 12.2. The summed E-state index contributed by atoms with van der Waals surface area (Å²) in [6.07, 6.45) is 3.33. The van der Waals surface area contributed by atoms with Crippen molar-refractivity contribution in [3.8, 4) is 0 Å². The molecule has 1 atom stereocenters. The standard InChI is InChI=1S/C15H24N2O2S/c1-4-16-20(18,19)14-8-6-5-7-13(14)17-12-9-10-15(2,3)11-12/h5-8,12,16-17H,4,9-11H2,1-3H3. The monoisotopic (exact) mass is 296 g/mol. The lowest BCUT2D eigenvalue weighted by Crippen LogP contribution is -2.25. The largest absolute Gasteiger partial charge is 0.381 e. The van der Waals surface area contributed by atoms with E-state index < -0.39 is 10.0 Å². The van der Waals surface area contributed by atoms with Crippen molar-refractivity contribution in [2.24, 2.45) is 5.41 Å². The van der Waals surface area contributed by atoms with Gasteiger partial charge in [0.1, 0.15) is 4.90 Å². The molecule has 0 aromatic heterocycles. The highest BCUT2D eigenvalue weighted by Crippen LogP contribution is 2.38. The Bertz CT molecular complexity index is 567. The van der Waals surface area contributed by atoms with Gasteiger partial charge in [-0.1, -0.05) is 32.9 Å². The van der Waals surface area contributed by atoms with Crippen LogP contribution in [0.25, 0.3) is 0 Å². The summed E-state index contributed by atoms with van der Waals surface area (Å²) in [5.74, 6) is 0. The summed E-state index contributed by atoms with van der Waals surface area (Å²) >= 11 is 0. The Hall–Kier alpha value is -1.07. The molecule has 1 unspecified atom stereocenters. The van der Waals surface area contributed by atoms with Gasteiger partial charge < -0.3 is 5.32 Å². The van der Waals surface area contributed by atoms with E-state index in [0.29, 0.717) is 28.6 Å². The van der Waals surface area contributed by atoms with Crippen LogP contribution in [0.1, 0.15) is 40.0 Å². The Morgan fingerprint density at radius 2 is 2.00 bits per heavy atom. The smallest absolute Gasteiger partial charge is 0.242 e. The third-order valence-electron chi connectivity index (χ3n) is 3.84. The summed E-state index contributed by atoms with van der Waals surface area (Å²) in [5.41, 5.74) is 1.05. The van der Waals surface area contributed by atoms with Crippen LogP contribution in [-0.2, 0) is 10.0 Å². The zero-order chi connectivity index (χ0) is 14.8. The molecule has 1 aromatic rings. The molecule has 0 saturated heterocycles. The average molecular weight is 296 g/mol. The molecule has 1 fully saturated rings. The Morgan fingerprint density at radius 1 is 1.30 bits per heavy atom. The minimum atomic E-state index is -3.42. The van der Waals surface area contributed by atoms with Gasteiger partial charge in [0, 0.05) is 12.6 Å². The van der Waals surface area contributed by atoms with Gasteiger partial charge in [0.15, 0.2) is 0 Å². The van der Waals surface area contributed by atoms with E-state index in [2.05, 4.69) is 23.9 Å². The van der Waals surface area contributed by atoms with E-state index in [1.165, 1.54) is 6.42 Å². The lowest BCUT2D eigenvalue weighted by Gasteiger charge is -2.20. The van der Waals surface area contributed by atoms with Crippen LogP contribution >= 0.6 is 0 Å². The number of nitrogens with one attached hydrogen (secondary N) is 2. The SMILES string of the molecule is CCNS(=O)(=O)c1ccccc1NC1CCC(C)(C)C1. The molecule has 2 rings (SSSR count).